The average molecular weight is 329 g/mol. The summed E-state index contributed by atoms with van der Waals surface area (Å²) in [7, 11) is 0. The summed E-state index contributed by atoms with van der Waals surface area (Å²) in [6, 6.07) is 4.32. The van der Waals surface area contributed by atoms with Crippen molar-refractivity contribution in [3.05, 3.63) is 28.2 Å². The lowest BCUT2D eigenvalue weighted by molar-refractivity contribution is -0.124. The summed E-state index contributed by atoms with van der Waals surface area (Å²) >= 11 is 11.9. The van der Waals surface area contributed by atoms with Crippen molar-refractivity contribution in [2.24, 2.45) is 0 Å². The standard InChI is InChI=1S/C15H18Cl2N2O2/c1-14(2,3)19-13(21)18(12(20)15(19,4)5)11-7-9(16)6-10(17)8-11/h6-8H,1-5H3. The van der Waals surface area contributed by atoms with Gasteiger partial charge in [-0.1, -0.05) is 23.2 Å². The molecule has 1 aromatic rings. The topological polar surface area (TPSA) is 40.6 Å². The molecule has 1 fully saturated rings. The summed E-state index contributed by atoms with van der Waals surface area (Å²) in [5.74, 6) is -0.291. The Morgan fingerprint density at radius 2 is 1.48 bits per heavy atom. The van der Waals surface area contributed by atoms with Gasteiger partial charge in [0, 0.05) is 15.6 Å². The van der Waals surface area contributed by atoms with E-state index in [1.54, 1.807) is 36.9 Å². The first-order valence-electron chi connectivity index (χ1n) is 6.61. The number of imide groups is 1. The van der Waals surface area contributed by atoms with Crippen LogP contribution in [-0.4, -0.2) is 27.9 Å². The Kier molecular flexibility index (Phi) is 3.75. The summed E-state index contributed by atoms with van der Waals surface area (Å²) in [6.07, 6.45) is 0. The van der Waals surface area contributed by atoms with Crippen LogP contribution in [0.15, 0.2) is 18.2 Å². The van der Waals surface area contributed by atoms with E-state index in [0.717, 1.165) is 4.90 Å². The van der Waals surface area contributed by atoms with Crippen LogP contribution in [0.25, 0.3) is 0 Å². The Balaban J connectivity index is 2.56. The maximum absolute atomic E-state index is 12.7. The van der Waals surface area contributed by atoms with Crippen LogP contribution in [0.5, 0.6) is 0 Å². The van der Waals surface area contributed by atoms with Crippen molar-refractivity contribution in [2.45, 2.75) is 45.7 Å². The van der Waals surface area contributed by atoms with E-state index in [9.17, 15) is 9.59 Å². The number of anilines is 1. The molecule has 1 aliphatic heterocycles. The minimum Gasteiger partial charge on any atom is -0.305 e. The highest BCUT2D eigenvalue weighted by Gasteiger charge is 2.55. The van der Waals surface area contributed by atoms with E-state index < -0.39 is 11.1 Å². The van der Waals surface area contributed by atoms with E-state index in [-0.39, 0.29) is 11.9 Å². The molecule has 21 heavy (non-hydrogen) atoms. The number of amides is 3. The van der Waals surface area contributed by atoms with Crippen LogP contribution in [0.4, 0.5) is 10.5 Å². The molecule has 1 saturated heterocycles. The quantitative estimate of drug-likeness (QED) is 0.719. The summed E-state index contributed by atoms with van der Waals surface area (Å²) in [4.78, 5) is 28.2. The fraction of sp³-hybridized carbons (Fsp3) is 0.467. The minimum atomic E-state index is -0.926. The molecule has 0 N–H and O–H groups in total. The molecular weight excluding hydrogens is 311 g/mol. The van der Waals surface area contributed by atoms with Crippen LogP contribution < -0.4 is 4.90 Å². The number of carbonyl (C=O) groups excluding carboxylic acids is 2. The van der Waals surface area contributed by atoms with Gasteiger partial charge in [-0.3, -0.25) is 4.79 Å². The van der Waals surface area contributed by atoms with Crippen LogP contribution in [0.3, 0.4) is 0 Å². The second-order valence-electron chi connectivity index (χ2n) is 6.62. The molecule has 4 nitrogen and oxygen atoms in total. The zero-order chi connectivity index (χ0) is 16.2. The van der Waals surface area contributed by atoms with Gasteiger partial charge >= 0.3 is 6.03 Å². The SMILES string of the molecule is CC(C)(C)N1C(=O)N(c2cc(Cl)cc(Cl)c2)C(=O)C1(C)C. The lowest BCUT2D eigenvalue weighted by Gasteiger charge is -2.39. The number of nitrogens with zero attached hydrogens (tertiary/aromatic N) is 2. The molecule has 0 aromatic heterocycles. The fourth-order valence-electron chi connectivity index (χ4n) is 2.82. The third-order valence-corrected chi connectivity index (χ3v) is 3.88. The van der Waals surface area contributed by atoms with Crippen molar-refractivity contribution in [1.82, 2.24) is 4.90 Å². The molecule has 0 saturated carbocycles. The number of hydrogen-bond acceptors (Lipinski definition) is 2. The molecule has 6 heteroatoms. The molecule has 0 aliphatic carbocycles. The molecule has 0 radical (unpaired) electrons. The Bertz CT molecular complexity index is 600. The minimum absolute atomic E-state index is 0.291. The fourth-order valence-corrected chi connectivity index (χ4v) is 3.33. The van der Waals surface area contributed by atoms with Gasteiger partial charge in [-0.25, -0.2) is 9.69 Å². The number of benzene rings is 1. The summed E-state index contributed by atoms with van der Waals surface area (Å²) in [5, 5.41) is 0.759. The van der Waals surface area contributed by atoms with E-state index in [4.69, 9.17) is 23.2 Å². The van der Waals surface area contributed by atoms with Gasteiger partial charge in [0.2, 0.25) is 0 Å². The lowest BCUT2D eigenvalue weighted by Crippen LogP contribution is -2.53. The number of hydrogen-bond donors (Lipinski definition) is 0. The summed E-state index contributed by atoms with van der Waals surface area (Å²) < 4.78 is 0. The highest BCUT2D eigenvalue weighted by Crippen LogP contribution is 2.38. The predicted octanol–water partition coefficient (Wildman–Crippen LogP) is 4.34. The van der Waals surface area contributed by atoms with Crippen molar-refractivity contribution < 1.29 is 9.59 Å². The first-order chi connectivity index (χ1) is 9.46. The third kappa shape index (κ3) is 2.62. The molecule has 0 atom stereocenters. The Morgan fingerprint density at radius 1 is 1.00 bits per heavy atom. The molecule has 3 amide bonds. The Morgan fingerprint density at radius 3 is 1.86 bits per heavy atom. The molecule has 114 valence electrons. The highest BCUT2D eigenvalue weighted by atomic mass is 35.5. The van der Waals surface area contributed by atoms with Gasteiger partial charge in [0.05, 0.1) is 5.69 Å². The monoisotopic (exact) mass is 328 g/mol. The van der Waals surface area contributed by atoms with E-state index >= 15 is 0 Å². The lowest BCUT2D eigenvalue weighted by atomic mass is 9.96. The number of urea groups is 1. The Labute approximate surface area is 134 Å². The zero-order valence-corrected chi connectivity index (χ0v) is 14.2. The summed E-state index contributed by atoms with van der Waals surface area (Å²) in [6.45, 7) is 9.17. The summed E-state index contributed by atoms with van der Waals surface area (Å²) in [5.41, 5.74) is -1.01. The van der Waals surface area contributed by atoms with Crippen LogP contribution in [0, 0.1) is 0 Å². The van der Waals surface area contributed by atoms with Crippen molar-refractivity contribution in [3.8, 4) is 0 Å². The van der Waals surface area contributed by atoms with Gasteiger partial charge in [-0.05, 0) is 52.8 Å². The van der Waals surface area contributed by atoms with Gasteiger partial charge in [0.1, 0.15) is 5.54 Å². The molecule has 1 heterocycles. The highest BCUT2D eigenvalue weighted by molar-refractivity contribution is 6.35. The molecule has 0 unspecified atom stereocenters. The molecule has 1 aliphatic rings. The molecule has 0 spiro atoms. The molecule has 0 bridgehead atoms. The van der Waals surface area contributed by atoms with Gasteiger partial charge in [-0.15, -0.1) is 0 Å². The first-order valence-corrected chi connectivity index (χ1v) is 7.37. The average Bonchev–Trinajstić information content (AvgIpc) is 2.42. The van der Waals surface area contributed by atoms with Crippen molar-refractivity contribution in [1.29, 1.82) is 0 Å². The van der Waals surface area contributed by atoms with Crippen molar-refractivity contribution in [3.63, 3.8) is 0 Å². The normalized spacial score (nSPS) is 18.6. The maximum atomic E-state index is 12.7. The van der Waals surface area contributed by atoms with Gasteiger partial charge in [0.15, 0.2) is 0 Å². The van der Waals surface area contributed by atoms with E-state index in [1.807, 2.05) is 20.8 Å². The van der Waals surface area contributed by atoms with Crippen LogP contribution >= 0.6 is 23.2 Å². The van der Waals surface area contributed by atoms with Crippen LogP contribution in [-0.2, 0) is 4.79 Å². The van der Waals surface area contributed by atoms with E-state index in [1.165, 1.54) is 0 Å². The molecule has 1 aromatic carbocycles. The van der Waals surface area contributed by atoms with Crippen molar-refractivity contribution >= 4 is 40.8 Å². The second kappa shape index (κ2) is 4.89. The van der Waals surface area contributed by atoms with Crippen LogP contribution in [0.2, 0.25) is 10.0 Å². The van der Waals surface area contributed by atoms with Gasteiger partial charge < -0.3 is 4.90 Å². The predicted molar refractivity (Wildman–Crippen MR) is 85.0 cm³/mol. The van der Waals surface area contributed by atoms with E-state index in [0.29, 0.717) is 15.7 Å². The van der Waals surface area contributed by atoms with Gasteiger partial charge in [-0.2, -0.15) is 0 Å². The molecule has 2 rings (SSSR count). The van der Waals surface area contributed by atoms with Crippen molar-refractivity contribution in [2.75, 3.05) is 4.90 Å². The number of halogens is 2. The third-order valence-electron chi connectivity index (χ3n) is 3.44. The second-order valence-corrected chi connectivity index (χ2v) is 7.49. The Hall–Kier alpha value is -1.26. The smallest absolute Gasteiger partial charge is 0.305 e. The largest absolute Gasteiger partial charge is 0.332 e. The number of rotatable bonds is 1. The maximum Gasteiger partial charge on any atom is 0.332 e. The zero-order valence-electron chi connectivity index (χ0n) is 12.7. The van der Waals surface area contributed by atoms with E-state index in [2.05, 4.69) is 0 Å². The van der Waals surface area contributed by atoms with Crippen LogP contribution in [0.1, 0.15) is 34.6 Å². The first kappa shape index (κ1) is 16.1. The van der Waals surface area contributed by atoms with Gasteiger partial charge in [0.25, 0.3) is 5.91 Å². The molecular formula is C15H18Cl2N2O2. The number of carbonyl (C=O) groups is 2.